The summed E-state index contributed by atoms with van der Waals surface area (Å²) >= 11 is 0. The molecular formula is C21H23N3O4. The van der Waals surface area contributed by atoms with Gasteiger partial charge in [-0.1, -0.05) is 24.3 Å². The van der Waals surface area contributed by atoms with E-state index in [1.54, 1.807) is 24.3 Å². The molecule has 2 aromatic carbocycles. The molecule has 0 saturated carbocycles. The maximum absolute atomic E-state index is 12.0. The van der Waals surface area contributed by atoms with Crippen molar-refractivity contribution in [2.45, 2.75) is 26.3 Å². The number of benzene rings is 2. The molecule has 1 fully saturated rings. The molecule has 1 aliphatic heterocycles. The fourth-order valence-corrected chi connectivity index (χ4v) is 2.89. The molecule has 0 atom stereocenters. The van der Waals surface area contributed by atoms with Gasteiger partial charge in [-0.15, -0.1) is 0 Å². The Hall–Kier alpha value is -3.35. The minimum absolute atomic E-state index is 0.139. The van der Waals surface area contributed by atoms with Crippen LogP contribution in [0.15, 0.2) is 48.5 Å². The van der Waals surface area contributed by atoms with Crippen molar-refractivity contribution in [3.05, 3.63) is 59.7 Å². The summed E-state index contributed by atoms with van der Waals surface area (Å²) in [4.78, 5) is 36.5. The van der Waals surface area contributed by atoms with Gasteiger partial charge in [-0.2, -0.15) is 0 Å². The van der Waals surface area contributed by atoms with E-state index in [0.717, 1.165) is 16.9 Å². The summed E-state index contributed by atoms with van der Waals surface area (Å²) < 4.78 is 5.58. The number of imide groups is 1. The first-order valence-corrected chi connectivity index (χ1v) is 9.18. The van der Waals surface area contributed by atoms with Crippen molar-refractivity contribution in [3.63, 3.8) is 0 Å². The Morgan fingerprint density at radius 3 is 2.46 bits per heavy atom. The molecule has 0 spiro atoms. The highest BCUT2D eigenvalue weighted by atomic mass is 16.5. The number of ether oxygens (including phenoxy) is 1. The van der Waals surface area contributed by atoms with Gasteiger partial charge in [0.15, 0.2) is 0 Å². The molecule has 0 radical (unpaired) electrons. The van der Waals surface area contributed by atoms with Crippen LogP contribution in [0.3, 0.4) is 0 Å². The van der Waals surface area contributed by atoms with Crippen LogP contribution in [0.5, 0.6) is 5.75 Å². The average Bonchev–Trinajstić information content (AvgIpc) is 2.99. The van der Waals surface area contributed by atoms with Gasteiger partial charge in [0.25, 0.3) is 0 Å². The molecule has 28 heavy (non-hydrogen) atoms. The number of carbonyl (C=O) groups is 3. The van der Waals surface area contributed by atoms with E-state index in [4.69, 9.17) is 4.74 Å². The van der Waals surface area contributed by atoms with Crippen LogP contribution in [0.2, 0.25) is 0 Å². The Morgan fingerprint density at radius 1 is 1.07 bits per heavy atom. The molecule has 2 N–H and O–H groups in total. The molecule has 2 aromatic rings. The molecule has 4 amide bonds. The van der Waals surface area contributed by atoms with E-state index < -0.39 is 0 Å². The van der Waals surface area contributed by atoms with Gasteiger partial charge < -0.3 is 15.4 Å². The number of rotatable bonds is 7. The number of carbonyl (C=O) groups excluding carboxylic acids is 3. The number of anilines is 1. The van der Waals surface area contributed by atoms with Crippen molar-refractivity contribution in [1.29, 1.82) is 0 Å². The maximum atomic E-state index is 12.0. The van der Waals surface area contributed by atoms with E-state index in [1.807, 2.05) is 31.2 Å². The van der Waals surface area contributed by atoms with E-state index >= 15 is 0 Å². The zero-order valence-corrected chi connectivity index (χ0v) is 15.7. The van der Waals surface area contributed by atoms with Gasteiger partial charge in [0.1, 0.15) is 12.4 Å². The zero-order valence-electron chi connectivity index (χ0n) is 15.7. The first kappa shape index (κ1) is 19.4. The second-order valence-corrected chi connectivity index (χ2v) is 6.62. The molecule has 0 aromatic heterocycles. The number of hydrogen-bond acceptors (Lipinski definition) is 4. The molecule has 1 heterocycles. The third kappa shape index (κ3) is 5.33. The highest BCUT2D eigenvalue weighted by molar-refractivity contribution is 6.01. The van der Waals surface area contributed by atoms with Gasteiger partial charge in [0.05, 0.1) is 13.1 Å². The minimum Gasteiger partial charge on any atom is -0.492 e. The molecule has 1 saturated heterocycles. The lowest BCUT2D eigenvalue weighted by atomic mass is 10.2. The summed E-state index contributed by atoms with van der Waals surface area (Å²) in [5.41, 5.74) is 2.58. The summed E-state index contributed by atoms with van der Waals surface area (Å²) in [6.07, 6.45) is 0.568. The average molecular weight is 381 g/mol. The highest BCUT2D eigenvalue weighted by Crippen LogP contribution is 2.17. The van der Waals surface area contributed by atoms with E-state index in [1.165, 1.54) is 4.90 Å². The second-order valence-electron chi connectivity index (χ2n) is 6.62. The monoisotopic (exact) mass is 381 g/mol. The van der Waals surface area contributed by atoms with Crippen LogP contribution in [0.4, 0.5) is 10.5 Å². The van der Waals surface area contributed by atoms with E-state index in [0.29, 0.717) is 18.8 Å². The molecule has 7 heteroatoms. The third-order valence-electron chi connectivity index (χ3n) is 4.35. The van der Waals surface area contributed by atoms with Crippen molar-refractivity contribution >= 4 is 23.5 Å². The van der Waals surface area contributed by atoms with Crippen molar-refractivity contribution in [3.8, 4) is 5.75 Å². The van der Waals surface area contributed by atoms with Crippen LogP contribution < -0.4 is 15.4 Å². The predicted molar refractivity (Wildman–Crippen MR) is 105 cm³/mol. The summed E-state index contributed by atoms with van der Waals surface area (Å²) in [6, 6.07) is 14.4. The molecule has 146 valence electrons. The molecule has 0 unspecified atom stereocenters. The van der Waals surface area contributed by atoms with Crippen molar-refractivity contribution in [2.75, 3.05) is 18.5 Å². The van der Waals surface area contributed by atoms with Crippen LogP contribution in [0.25, 0.3) is 0 Å². The third-order valence-corrected chi connectivity index (χ3v) is 4.35. The van der Waals surface area contributed by atoms with Gasteiger partial charge in [-0.25, -0.2) is 4.79 Å². The van der Waals surface area contributed by atoms with Gasteiger partial charge in [0.2, 0.25) is 11.8 Å². The molecule has 3 rings (SSSR count). The number of nitrogens with zero attached hydrogens (tertiary/aromatic N) is 1. The summed E-state index contributed by atoms with van der Waals surface area (Å²) in [5, 5.41) is 5.46. The van der Waals surface area contributed by atoms with Gasteiger partial charge in [-0.05, 0) is 42.3 Å². The topological polar surface area (TPSA) is 87.7 Å². The van der Waals surface area contributed by atoms with E-state index in [-0.39, 0.29) is 37.2 Å². The first-order chi connectivity index (χ1) is 13.5. The van der Waals surface area contributed by atoms with Crippen LogP contribution in [-0.4, -0.2) is 35.9 Å². The first-order valence-electron chi connectivity index (χ1n) is 9.18. The van der Waals surface area contributed by atoms with Gasteiger partial charge >= 0.3 is 6.03 Å². The summed E-state index contributed by atoms with van der Waals surface area (Å²) in [7, 11) is 0. The van der Waals surface area contributed by atoms with Crippen molar-refractivity contribution < 1.29 is 19.1 Å². The maximum Gasteiger partial charge on any atom is 0.319 e. The van der Waals surface area contributed by atoms with Crippen molar-refractivity contribution in [2.24, 2.45) is 0 Å². The summed E-state index contributed by atoms with van der Waals surface area (Å²) in [6.45, 7) is 3.00. The fraction of sp³-hybridized carbons (Fsp3) is 0.286. The Morgan fingerprint density at radius 2 is 1.79 bits per heavy atom. The Bertz CT molecular complexity index is 848. The lowest BCUT2D eigenvalue weighted by molar-refractivity contribution is -0.139. The van der Waals surface area contributed by atoms with Gasteiger partial charge in [0, 0.05) is 18.5 Å². The largest absolute Gasteiger partial charge is 0.492 e. The fourth-order valence-electron chi connectivity index (χ4n) is 2.89. The number of aryl methyl sites for hydroxylation is 1. The molecule has 1 aliphatic rings. The number of hydrogen-bond donors (Lipinski definition) is 2. The lowest BCUT2D eigenvalue weighted by Gasteiger charge is -2.14. The normalized spacial score (nSPS) is 13.5. The Kier molecular flexibility index (Phi) is 6.26. The molecule has 0 bridgehead atoms. The Balaban J connectivity index is 1.40. The zero-order chi connectivity index (χ0) is 19.9. The number of likely N-dealkylation sites (tertiary alicyclic amines) is 1. The number of nitrogens with one attached hydrogen (secondary N) is 2. The molecule has 7 nitrogen and oxygen atoms in total. The predicted octanol–water partition coefficient (Wildman–Crippen LogP) is 2.84. The van der Waals surface area contributed by atoms with Crippen LogP contribution >= 0.6 is 0 Å². The smallest absolute Gasteiger partial charge is 0.319 e. The highest BCUT2D eigenvalue weighted by Gasteiger charge is 2.28. The van der Waals surface area contributed by atoms with Crippen LogP contribution in [0, 0.1) is 6.92 Å². The Labute approximate surface area is 163 Å². The lowest BCUT2D eigenvalue weighted by Crippen LogP contribution is -2.32. The number of amides is 4. The van der Waals surface area contributed by atoms with E-state index in [9.17, 15) is 14.4 Å². The minimum atomic E-state index is -0.328. The molecule has 0 aliphatic carbocycles. The summed E-state index contributed by atoms with van der Waals surface area (Å²) in [5.74, 6) is 0.492. The quantitative estimate of drug-likeness (QED) is 0.570. The van der Waals surface area contributed by atoms with Crippen LogP contribution in [-0.2, 0) is 16.1 Å². The van der Waals surface area contributed by atoms with Crippen molar-refractivity contribution in [1.82, 2.24) is 10.2 Å². The van der Waals surface area contributed by atoms with E-state index in [2.05, 4.69) is 10.6 Å². The second kappa shape index (κ2) is 9.03. The standard InChI is InChI=1S/C21H23N3O4/c1-15-3-2-4-18(13-15)28-12-11-22-21(27)23-17-7-5-16(6-8-17)14-24-19(25)9-10-20(24)26/h2-8,13H,9-12,14H2,1H3,(H2,22,23,27). The molecular weight excluding hydrogens is 358 g/mol. The SMILES string of the molecule is Cc1cccc(OCCNC(=O)Nc2ccc(CN3C(=O)CCC3=O)cc2)c1. The van der Waals surface area contributed by atoms with Gasteiger partial charge in [-0.3, -0.25) is 14.5 Å². The van der Waals surface area contributed by atoms with Crippen LogP contribution in [0.1, 0.15) is 24.0 Å². The number of urea groups is 1.